The molecule has 126 valence electrons. The van der Waals surface area contributed by atoms with Crippen molar-refractivity contribution >= 4 is 11.9 Å². The molecule has 6 heteroatoms. The Morgan fingerprint density at radius 1 is 1.29 bits per heavy atom. The summed E-state index contributed by atoms with van der Waals surface area (Å²) in [6.45, 7) is 0.245. The summed E-state index contributed by atoms with van der Waals surface area (Å²) in [5.74, 6) is -1.70. The molecule has 0 spiro atoms. The fraction of sp³-hybridized carbons (Fsp3) is 0.333. The Bertz CT molecular complexity index is 728. The lowest BCUT2D eigenvalue weighted by Gasteiger charge is -2.38. The van der Waals surface area contributed by atoms with Crippen LogP contribution in [-0.2, 0) is 16.0 Å². The normalized spacial score (nSPS) is 21.0. The first-order valence-corrected chi connectivity index (χ1v) is 7.87. The molecule has 1 fully saturated rings. The summed E-state index contributed by atoms with van der Waals surface area (Å²) in [7, 11) is 0. The van der Waals surface area contributed by atoms with E-state index in [9.17, 15) is 19.1 Å². The van der Waals surface area contributed by atoms with Crippen molar-refractivity contribution < 1.29 is 23.5 Å². The summed E-state index contributed by atoms with van der Waals surface area (Å²) in [6.07, 6.45) is 2.23. The Labute approximate surface area is 138 Å². The van der Waals surface area contributed by atoms with Crippen molar-refractivity contribution in [3.05, 3.63) is 59.8 Å². The summed E-state index contributed by atoms with van der Waals surface area (Å²) in [6, 6.07) is 9.07. The topological polar surface area (TPSA) is 70.8 Å². The summed E-state index contributed by atoms with van der Waals surface area (Å²) in [4.78, 5) is 25.5. The summed E-state index contributed by atoms with van der Waals surface area (Å²) < 4.78 is 19.2. The number of hydrogen-bond donors (Lipinski definition) is 1. The van der Waals surface area contributed by atoms with E-state index in [1.165, 1.54) is 17.2 Å². The van der Waals surface area contributed by atoms with Crippen LogP contribution in [0.1, 0.15) is 30.2 Å². The molecule has 3 rings (SSSR count). The Morgan fingerprint density at radius 2 is 2.08 bits per heavy atom. The lowest BCUT2D eigenvalue weighted by Crippen LogP contribution is -2.46. The maximum absolute atomic E-state index is 13.8. The molecule has 5 nitrogen and oxygen atoms in total. The molecule has 0 radical (unpaired) electrons. The van der Waals surface area contributed by atoms with Crippen LogP contribution in [-0.4, -0.2) is 28.4 Å². The fourth-order valence-corrected chi connectivity index (χ4v) is 3.23. The van der Waals surface area contributed by atoms with Gasteiger partial charge in [-0.2, -0.15) is 0 Å². The average Bonchev–Trinajstić information content (AvgIpc) is 3.08. The number of amides is 1. The minimum atomic E-state index is -0.959. The van der Waals surface area contributed by atoms with Gasteiger partial charge in [-0.05, 0) is 36.6 Å². The second-order valence-corrected chi connectivity index (χ2v) is 5.87. The third kappa shape index (κ3) is 3.18. The lowest BCUT2D eigenvalue weighted by molar-refractivity contribution is -0.152. The van der Waals surface area contributed by atoms with Gasteiger partial charge in [0, 0.05) is 13.0 Å². The number of rotatable bonds is 5. The Balaban J connectivity index is 1.85. The zero-order valence-electron chi connectivity index (χ0n) is 13.0. The van der Waals surface area contributed by atoms with Crippen LogP contribution in [0, 0.1) is 11.7 Å². The van der Waals surface area contributed by atoms with Crippen molar-refractivity contribution in [2.24, 2.45) is 5.92 Å². The van der Waals surface area contributed by atoms with E-state index in [0.717, 1.165) is 0 Å². The van der Waals surface area contributed by atoms with Gasteiger partial charge in [0.05, 0.1) is 12.2 Å². The minimum absolute atomic E-state index is 0.134. The van der Waals surface area contributed by atoms with Crippen LogP contribution in [0.25, 0.3) is 0 Å². The van der Waals surface area contributed by atoms with Crippen LogP contribution in [0.15, 0.2) is 47.1 Å². The molecule has 1 aromatic carbocycles. The number of likely N-dealkylation sites (tertiary alicyclic amines) is 1. The van der Waals surface area contributed by atoms with E-state index in [1.807, 2.05) is 0 Å². The first-order valence-electron chi connectivity index (χ1n) is 7.87. The molecule has 0 bridgehead atoms. The monoisotopic (exact) mass is 331 g/mol. The first kappa shape index (κ1) is 16.2. The Morgan fingerprint density at radius 3 is 2.75 bits per heavy atom. The van der Waals surface area contributed by atoms with E-state index in [-0.39, 0.29) is 31.1 Å². The highest BCUT2D eigenvalue weighted by Crippen LogP contribution is 2.37. The smallest absolute Gasteiger partial charge is 0.309 e. The number of piperidine rings is 1. The van der Waals surface area contributed by atoms with Crippen LogP contribution in [0.5, 0.6) is 0 Å². The second-order valence-electron chi connectivity index (χ2n) is 5.87. The van der Waals surface area contributed by atoms with Gasteiger partial charge < -0.3 is 14.4 Å². The first-order chi connectivity index (χ1) is 11.6. The number of nitrogens with zero attached hydrogens (tertiary/aromatic N) is 1. The molecule has 2 aromatic rings. The third-order valence-corrected chi connectivity index (χ3v) is 4.44. The number of carboxylic acid groups (broad SMARTS) is 1. The van der Waals surface area contributed by atoms with Crippen LogP contribution < -0.4 is 0 Å². The molecule has 2 heterocycles. The van der Waals surface area contributed by atoms with Crippen LogP contribution in [0.4, 0.5) is 4.39 Å². The number of carboxylic acids is 1. The van der Waals surface area contributed by atoms with Crippen molar-refractivity contribution in [1.29, 1.82) is 0 Å². The zero-order chi connectivity index (χ0) is 17.1. The predicted octanol–water partition coefficient (Wildman–Crippen LogP) is 3.03. The van der Waals surface area contributed by atoms with Crippen molar-refractivity contribution in [2.45, 2.75) is 25.3 Å². The number of halogens is 1. The van der Waals surface area contributed by atoms with E-state index in [4.69, 9.17) is 4.42 Å². The van der Waals surface area contributed by atoms with Crippen LogP contribution >= 0.6 is 0 Å². The average molecular weight is 331 g/mol. The highest BCUT2D eigenvalue weighted by atomic mass is 19.1. The van der Waals surface area contributed by atoms with E-state index >= 15 is 0 Å². The molecule has 0 unspecified atom stereocenters. The molecule has 1 aliphatic rings. The number of carbonyl (C=O) groups excluding carboxylic acids is 1. The standard InChI is InChI=1S/C18H18FNO4/c19-14-5-2-1-4-12(14)9-10-20-16(21)8-7-13(18(22)23)17(20)15-6-3-11-24-15/h1-6,11,13,17H,7-10H2,(H,22,23)/t13-,17-/m0/s1. The van der Waals surface area contributed by atoms with E-state index in [2.05, 4.69) is 0 Å². The molecule has 1 amide bonds. The van der Waals surface area contributed by atoms with Crippen molar-refractivity contribution in [2.75, 3.05) is 6.54 Å². The zero-order valence-corrected chi connectivity index (χ0v) is 13.0. The highest BCUT2D eigenvalue weighted by molar-refractivity contribution is 5.81. The van der Waals surface area contributed by atoms with Gasteiger partial charge in [0.25, 0.3) is 0 Å². The molecule has 24 heavy (non-hydrogen) atoms. The second kappa shape index (κ2) is 6.86. The van der Waals surface area contributed by atoms with Gasteiger partial charge in [0.2, 0.25) is 5.91 Å². The van der Waals surface area contributed by atoms with Gasteiger partial charge in [-0.15, -0.1) is 0 Å². The number of furan rings is 1. The number of benzene rings is 1. The summed E-state index contributed by atoms with van der Waals surface area (Å²) >= 11 is 0. The quantitative estimate of drug-likeness (QED) is 0.914. The summed E-state index contributed by atoms with van der Waals surface area (Å²) in [5, 5.41) is 9.50. The van der Waals surface area contributed by atoms with Crippen molar-refractivity contribution in [3.8, 4) is 0 Å². The van der Waals surface area contributed by atoms with Crippen molar-refractivity contribution in [1.82, 2.24) is 4.90 Å². The van der Waals surface area contributed by atoms with E-state index in [0.29, 0.717) is 17.7 Å². The molecule has 0 aliphatic carbocycles. The van der Waals surface area contributed by atoms with Gasteiger partial charge in [-0.25, -0.2) is 4.39 Å². The molecular formula is C18H18FNO4. The van der Waals surface area contributed by atoms with Gasteiger partial charge in [0.1, 0.15) is 17.6 Å². The van der Waals surface area contributed by atoms with Crippen LogP contribution in [0.2, 0.25) is 0 Å². The fourth-order valence-electron chi connectivity index (χ4n) is 3.23. The minimum Gasteiger partial charge on any atom is -0.481 e. The maximum atomic E-state index is 13.8. The van der Waals surface area contributed by atoms with E-state index in [1.54, 1.807) is 30.3 Å². The molecule has 2 atom stereocenters. The Kier molecular flexibility index (Phi) is 4.64. The SMILES string of the molecule is O=C(O)[C@H]1CCC(=O)N(CCc2ccccc2F)[C@@H]1c1ccco1. The molecule has 1 aromatic heterocycles. The van der Waals surface area contributed by atoms with Gasteiger partial charge >= 0.3 is 5.97 Å². The van der Waals surface area contributed by atoms with Crippen LogP contribution in [0.3, 0.4) is 0 Å². The van der Waals surface area contributed by atoms with E-state index < -0.39 is 17.9 Å². The Hall–Kier alpha value is -2.63. The van der Waals surface area contributed by atoms with Gasteiger partial charge in [-0.3, -0.25) is 9.59 Å². The molecule has 1 saturated heterocycles. The number of carbonyl (C=O) groups is 2. The molecule has 1 N–H and O–H groups in total. The lowest BCUT2D eigenvalue weighted by atomic mass is 9.87. The molecular weight excluding hydrogens is 313 g/mol. The summed E-state index contributed by atoms with van der Waals surface area (Å²) in [5.41, 5.74) is 0.501. The maximum Gasteiger partial charge on any atom is 0.309 e. The number of hydrogen-bond acceptors (Lipinski definition) is 3. The highest BCUT2D eigenvalue weighted by Gasteiger charge is 2.42. The van der Waals surface area contributed by atoms with Crippen molar-refractivity contribution in [3.63, 3.8) is 0 Å². The molecule has 1 aliphatic heterocycles. The van der Waals surface area contributed by atoms with Gasteiger partial charge in [-0.1, -0.05) is 18.2 Å². The van der Waals surface area contributed by atoms with Gasteiger partial charge in [0.15, 0.2) is 0 Å². The molecule has 0 saturated carbocycles. The largest absolute Gasteiger partial charge is 0.481 e. The third-order valence-electron chi connectivity index (χ3n) is 4.44. The predicted molar refractivity (Wildman–Crippen MR) is 83.6 cm³/mol. The number of aliphatic carboxylic acids is 1.